The van der Waals surface area contributed by atoms with Crippen molar-refractivity contribution in [1.82, 2.24) is 0 Å². The first-order valence-corrected chi connectivity index (χ1v) is 8.65. The number of carboxylic acid groups (broad SMARTS) is 1. The summed E-state index contributed by atoms with van der Waals surface area (Å²) in [5.74, 6) is -0.449. The normalized spacial score (nSPS) is 10.7. The Balaban J connectivity index is 2.27. The number of rotatable bonds is 6. The van der Waals surface area contributed by atoms with Gasteiger partial charge in [-0.15, -0.1) is 0 Å². The van der Waals surface area contributed by atoms with Crippen LogP contribution in [-0.4, -0.2) is 23.6 Å². The van der Waals surface area contributed by atoms with Gasteiger partial charge < -0.3 is 15.2 Å². The van der Waals surface area contributed by atoms with Gasteiger partial charge in [-0.2, -0.15) is 0 Å². The maximum Gasteiger partial charge on any atom is 0.335 e. The zero-order valence-electron chi connectivity index (χ0n) is 15.2. The van der Waals surface area contributed by atoms with Crippen LogP contribution in [0.25, 0.3) is 0 Å². The Kier molecular flexibility index (Phi) is 6.27. The molecule has 0 saturated carbocycles. The largest absolute Gasteiger partial charge is 0.493 e. The van der Waals surface area contributed by atoms with Gasteiger partial charge in [0.2, 0.25) is 0 Å². The van der Waals surface area contributed by atoms with Gasteiger partial charge in [0.15, 0.2) is 0 Å². The van der Waals surface area contributed by atoms with E-state index in [4.69, 9.17) is 21.4 Å². The number of hydrogen-bond donors (Lipinski definition) is 2. The third-order valence-corrected chi connectivity index (χ3v) is 4.11. The number of benzene rings is 2. The second-order valence-electron chi connectivity index (χ2n) is 6.59. The number of nitrogens with one attached hydrogen (secondary N) is 1. The van der Waals surface area contributed by atoms with Gasteiger partial charge in [0.05, 0.1) is 22.8 Å². The molecule has 2 aromatic rings. The molecule has 138 valence electrons. The predicted octanol–water partition coefficient (Wildman–Crippen LogP) is 4.94. The van der Waals surface area contributed by atoms with Crippen LogP contribution in [0.1, 0.15) is 45.7 Å². The van der Waals surface area contributed by atoms with Gasteiger partial charge in [-0.3, -0.25) is 4.79 Å². The molecular formula is C20H22ClNO4. The van der Waals surface area contributed by atoms with Crippen molar-refractivity contribution < 1.29 is 19.4 Å². The monoisotopic (exact) mass is 375 g/mol. The summed E-state index contributed by atoms with van der Waals surface area (Å²) in [7, 11) is 0. The molecule has 0 radical (unpaired) electrons. The van der Waals surface area contributed by atoms with Crippen molar-refractivity contribution in [1.29, 1.82) is 0 Å². The predicted molar refractivity (Wildman–Crippen MR) is 103 cm³/mol. The van der Waals surface area contributed by atoms with Crippen LogP contribution in [0.2, 0.25) is 5.02 Å². The van der Waals surface area contributed by atoms with Crippen molar-refractivity contribution in [2.45, 2.75) is 27.7 Å². The quantitative estimate of drug-likeness (QED) is 0.749. The van der Waals surface area contributed by atoms with E-state index in [0.717, 1.165) is 0 Å². The van der Waals surface area contributed by atoms with E-state index in [2.05, 4.69) is 5.32 Å². The lowest BCUT2D eigenvalue weighted by atomic mass is 10.0. The number of halogens is 1. The van der Waals surface area contributed by atoms with E-state index >= 15 is 0 Å². The molecule has 0 saturated heterocycles. The second kappa shape index (κ2) is 8.23. The molecule has 0 spiro atoms. The van der Waals surface area contributed by atoms with E-state index in [1.807, 2.05) is 13.8 Å². The first kappa shape index (κ1) is 19.8. The number of carbonyl (C=O) groups is 2. The summed E-state index contributed by atoms with van der Waals surface area (Å²) in [5.41, 5.74) is 2.39. The van der Waals surface area contributed by atoms with Crippen molar-refractivity contribution in [3.8, 4) is 5.75 Å². The number of aryl methyl sites for hydroxylation is 2. The number of anilines is 1. The molecule has 0 aliphatic rings. The summed E-state index contributed by atoms with van der Waals surface area (Å²) in [4.78, 5) is 23.8. The topological polar surface area (TPSA) is 75.6 Å². The summed E-state index contributed by atoms with van der Waals surface area (Å²) < 4.78 is 5.65. The van der Waals surface area contributed by atoms with Crippen LogP contribution < -0.4 is 10.1 Å². The fraction of sp³-hybridized carbons (Fsp3) is 0.300. The highest BCUT2D eigenvalue weighted by Gasteiger charge is 2.16. The zero-order valence-corrected chi connectivity index (χ0v) is 16.0. The molecule has 0 fully saturated rings. The average molecular weight is 376 g/mol. The minimum Gasteiger partial charge on any atom is -0.493 e. The third-order valence-electron chi connectivity index (χ3n) is 3.78. The van der Waals surface area contributed by atoms with Crippen molar-refractivity contribution in [3.05, 3.63) is 57.6 Å². The summed E-state index contributed by atoms with van der Waals surface area (Å²) in [6, 6.07) is 8.00. The molecule has 26 heavy (non-hydrogen) atoms. The first-order valence-electron chi connectivity index (χ1n) is 8.27. The fourth-order valence-corrected chi connectivity index (χ4v) is 2.70. The molecule has 2 N–H and O–H groups in total. The highest BCUT2D eigenvalue weighted by Crippen LogP contribution is 2.26. The highest BCUT2D eigenvalue weighted by molar-refractivity contribution is 6.34. The SMILES string of the molecule is Cc1cc(C(=O)O)cc(C)c1NC(=O)c1cc(OCC(C)C)ccc1Cl. The van der Waals surface area contributed by atoms with Crippen LogP contribution >= 0.6 is 11.6 Å². The van der Waals surface area contributed by atoms with Crippen molar-refractivity contribution >= 4 is 29.2 Å². The van der Waals surface area contributed by atoms with Crippen LogP contribution in [0, 0.1) is 19.8 Å². The lowest BCUT2D eigenvalue weighted by molar-refractivity contribution is 0.0696. The summed E-state index contributed by atoms with van der Waals surface area (Å²) >= 11 is 6.17. The van der Waals surface area contributed by atoms with E-state index in [1.165, 1.54) is 12.1 Å². The maximum atomic E-state index is 12.7. The summed E-state index contributed by atoms with van der Waals surface area (Å²) in [6.07, 6.45) is 0. The Morgan fingerprint density at radius 1 is 1.15 bits per heavy atom. The molecule has 0 atom stereocenters. The molecule has 1 amide bonds. The van der Waals surface area contributed by atoms with Gasteiger partial charge in [-0.05, 0) is 61.2 Å². The van der Waals surface area contributed by atoms with E-state index in [9.17, 15) is 9.59 Å². The molecule has 5 nitrogen and oxygen atoms in total. The van der Waals surface area contributed by atoms with Gasteiger partial charge >= 0.3 is 5.97 Å². The minimum atomic E-state index is -1.01. The van der Waals surface area contributed by atoms with Gasteiger partial charge in [0.25, 0.3) is 5.91 Å². The van der Waals surface area contributed by atoms with Crippen molar-refractivity contribution in [3.63, 3.8) is 0 Å². The Morgan fingerprint density at radius 3 is 2.31 bits per heavy atom. The maximum absolute atomic E-state index is 12.7. The Morgan fingerprint density at radius 2 is 1.77 bits per heavy atom. The number of carboxylic acids is 1. The second-order valence-corrected chi connectivity index (χ2v) is 7.00. The third kappa shape index (κ3) is 4.76. The fourth-order valence-electron chi connectivity index (χ4n) is 2.50. The molecule has 0 aliphatic heterocycles. The molecule has 6 heteroatoms. The van der Waals surface area contributed by atoms with E-state index in [1.54, 1.807) is 32.0 Å². The minimum absolute atomic E-state index is 0.181. The van der Waals surface area contributed by atoms with Crippen LogP contribution in [0.3, 0.4) is 0 Å². The van der Waals surface area contributed by atoms with Crippen LogP contribution in [0.5, 0.6) is 5.75 Å². The Labute approximate surface area is 157 Å². The van der Waals surface area contributed by atoms with Gasteiger partial charge in [0, 0.05) is 5.69 Å². The first-order chi connectivity index (χ1) is 12.2. The van der Waals surface area contributed by atoms with E-state index < -0.39 is 5.97 Å². The Bertz CT molecular complexity index is 823. The van der Waals surface area contributed by atoms with Crippen LogP contribution in [0.15, 0.2) is 30.3 Å². The lowest BCUT2D eigenvalue weighted by Gasteiger charge is -2.14. The molecule has 0 aliphatic carbocycles. The summed E-state index contributed by atoms with van der Waals surface area (Å²) in [5, 5.41) is 12.3. The number of ether oxygens (including phenoxy) is 1. The standard InChI is InChI=1S/C20H22ClNO4/c1-11(2)10-26-15-5-6-17(21)16(9-15)19(23)22-18-12(3)7-14(20(24)25)8-13(18)4/h5-9,11H,10H2,1-4H3,(H,22,23)(H,24,25). The van der Waals surface area contributed by atoms with Gasteiger partial charge in [-0.25, -0.2) is 4.79 Å². The van der Waals surface area contributed by atoms with Gasteiger partial charge in [0.1, 0.15) is 5.75 Å². The smallest absolute Gasteiger partial charge is 0.335 e. The Hall–Kier alpha value is -2.53. The van der Waals surface area contributed by atoms with Crippen molar-refractivity contribution in [2.75, 3.05) is 11.9 Å². The zero-order chi connectivity index (χ0) is 19.4. The molecule has 2 rings (SSSR count). The molecule has 2 aromatic carbocycles. The number of amides is 1. The average Bonchev–Trinajstić information content (AvgIpc) is 2.56. The number of carbonyl (C=O) groups excluding carboxylic acids is 1. The molecular weight excluding hydrogens is 354 g/mol. The van der Waals surface area contributed by atoms with Gasteiger partial charge in [-0.1, -0.05) is 25.4 Å². The molecule has 0 heterocycles. The van der Waals surface area contributed by atoms with E-state index in [0.29, 0.717) is 45.7 Å². The molecule has 0 aromatic heterocycles. The molecule has 0 unspecified atom stereocenters. The van der Waals surface area contributed by atoms with E-state index in [-0.39, 0.29) is 11.5 Å². The highest BCUT2D eigenvalue weighted by atomic mass is 35.5. The molecule has 0 bridgehead atoms. The van der Waals surface area contributed by atoms with Crippen LogP contribution in [0.4, 0.5) is 5.69 Å². The number of hydrogen-bond acceptors (Lipinski definition) is 3. The summed E-state index contributed by atoms with van der Waals surface area (Å²) in [6.45, 7) is 8.11. The lowest BCUT2D eigenvalue weighted by Crippen LogP contribution is -2.15. The van der Waals surface area contributed by atoms with Crippen LogP contribution in [-0.2, 0) is 0 Å². The van der Waals surface area contributed by atoms with Crippen molar-refractivity contribution in [2.24, 2.45) is 5.92 Å². The number of aromatic carboxylic acids is 1.